The van der Waals surface area contributed by atoms with Crippen molar-refractivity contribution < 1.29 is 0 Å². The molecule has 0 aliphatic rings. The number of aromatic nitrogens is 4. The molecule has 0 saturated carbocycles. The summed E-state index contributed by atoms with van der Waals surface area (Å²) in [5, 5.41) is 8.26. The van der Waals surface area contributed by atoms with Crippen LogP contribution in [0.4, 0.5) is 5.82 Å². The number of nitrogens with two attached hydrogens (primary N) is 1. The summed E-state index contributed by atoms with van der Waals surface area (Å²) in [4.78, 5) is 0. The third-order valence-corrected chi connectivity index (χ3v) is 2.74. The Hall–Kier alpha value is -1.30. The normalized spacial score (nSPS) is 10.8. The zero-order valence-corrected chi connectivity index (χ0v) is 9.98. The maximum atomic E-state index is 5.62. The lowest BCUT2D eigenvalue weighted by molar-refractivity contribution is 0.616. The molecular formula is C9H12BrN5. The van der Waals surface area contributed by atoms with Gasteiger partial charge in [-0.15, -0.1) is 0 Å². The quantitative estimate of drug-likeness (QED) is 0.911. The molecule has 0 aliphatic heterocycles. The summed E-state index contributed by atoms with van der Waals surface area (Å²) in [7, 11) is 1.91. The van der Waals surface area contributed by atoms with Crippen LogP contribution in [0.3, 0.4) is 0 Å². The van der Waals surface area contributed by atoms with E-state index < -0.39 is 0 Å². The average Bonchev–Trinajstić information content (AvgIpc) is 2.72. The number of aryl methyl sites for hydroxylation is 3. The lowest BCUT2D eigenvalue weighted by atomic mass is 10.2. The van der Waals surface area contributed by atoms with Crippen molar-refractivity contribution in [3.05, 3.63) is 28.6 Å². The molecule has 2 aromatic rings. The van der Waals surface area contributed by atoms with Crippen LogP contribution in [0.2, 0.25) is 0 Å². The van der Waals surface area contributed by atoms with E-state index >= 15 is 0 Å². The predicted molar refractivity (Wildman–Crippen MR) is 61.3 cm³/mol. The number of hydrogen-bond donors (Lipinski definition) is 1. The molecule has 0 unspecified atom stereocenters. The van der Waals surface area contributed by atoms with Crippen molar-refractivity contribution in [2.24, 2.45) is 7.05 Å². The molecule has 0 aromatic carbocycles. The van der Waals surface area contributed by atoms with E-state index in [-0.39, 0.29) is 0 Å². The van der Waals surface area contributed by atoms with Crippen molar-refractivity contribution in [1.82, 2.24) is 19.6 Å². The van der Waals surface area contributed by atoms with Crippen molar-refractivity contribution in [3.8, 4) is 0 Å². The minimum atomic E-state index is 0.529. The van der Waals surface area contributed by atoms with Crippen LogP contribution in [0.5, 0.6) is 0 Å². The number of halogens is 1. The molecule has 0 aliphatic carbocycles. The Morgan fingerprint density at radius 1 is 1.47 bits per heavy atom. The highest BCUT2D eigenvalue weighted by Gasteiger charge is 2.02. The fraction of sp³-hybridized carbons (Fsp3) is 0.333. The zero-order valence-electron chi connectivity index (χ0n) is 8.39. The van der Waals surface area contributed by atoms with E-state index in [1.54, 1.807) is 4.68 Å². The minimum absolute atomic E-state index is 0.529. The maximum absolute atomic E-state index is 5.62. The number of nitrogen functional groups attached to an aromatic ring is 1. The van der Waals surface area contributed by atoms with Crippen LogP contribution in [0.25, 0.3) is 0 Å². The molecule has 2 N–H and O–H groups in total. The van der Waals surface area contributed by atoms with Gasteiger partial charge in [-0.25, -0.2) is 0 Å². The second-order valence-electron chi connectivity index (χ2n) is 3.40. The third kappa shape index (κ3) is 2.38. The molecule has 2 heterocycles. The Kier molecular flexibility index (Phi) is 2.77. The lowest BCUT2D eigenvalue weighted by Crippen LogP contribution is -2.02. The molecule has 80 valence electrons. The van der Waals surface area contributed by atoms with E-state index in [1.807, 2.05) is 30.3 Å². The van der Waals surface area contributed by atoms with Crippen molar-refractivity contribution in [1.29, 1.82) is 0 Å². The molecule has 2 aromatic heterocycles. The lowest BCUT2D eigenvalue weighted by Gasteiger charge is -1.97. The third-order valence-electron chi connectivity index (χ3n) is 2.13. The van der Waals surface area contributed by atoms with Crippen LogP contribution in [-0.2, 0) is 20.0 Å². The van der Waals surface area contributed by atoms with Gasteiger partial charge < -0.3 is 5.73 Å². The molecule has 6 heteroatoms. The second-order valence-corrected chi connectivity index (χ2v) is 4.25. The molecule has 5 nitrogen and oxygen atoms in total. The van der Waals surface area contributed by atoms with Gasteiger partial charge in [-0.1, -0.05) is 0 Å². The smallest absolute Gasteiger partial charge is 0.159 e. The van der Waals surface area contributed by atoms with Crippen LogP contribution in [0.1, 0.15) is 5.56 Å². The Balaban J connectivity index is 1.99. The molecule has 0 amide bonds. The first-order chi connectivity index (χ1) is 7.15. The van der Waals surface area contributed by atoms with Gasteiger partial charge in [-0.05, 0) is 27.9 Å². The van der Waals surface area contributed by atoms with Crippen molar-refractivity contribution in [3.63, 3.8) is 0 Å². The highest BCUT2D eigenvalue weighted by molar-refractivity contribution is 9.10. The van der Waals surface area contributed by atoms with Crippen LogP contribution in [-0.4, -0.2) is 19.6 Å². The predicted octanol–water partition coefficient (Wildman–Crippen LogP) is 1.20. The molecule has 0 fully saturated rings. The molecular weight excluding hydrogens is 258 g/mol. The highest BCUT2D eigenvalue weighted by Crippen LogP contribution is 2.16. The monoisotopic (exact) mass is 269 g/mol. The van der Waals surface area contributed by atoms with Gasteiger partial charge in [0.2, 0.25) is 0 Å². The maximum Gasteiger partial charge on any atom is 0.159 e. The van der Waals surface area contributed by atoms with Gasteiger partial charge in [-0.2, -0.15) is 10.2 Å². The first-order valence-corrected chi connectivity index (χ1v) is 5.40. The number of anilines is 1. The topological polar surface area (TPSA) is 61.7 Å². The summed E-state index contributed by atoms with van der Waals surface area (Å²) in [6, 6.07) is 0. The summed E-state index contributed by atoms with van der Waals surface area (Å²) in [5.41, 5.74) is 6.82. The van der Waals surface area contributed by atoms with Gasteiger partial charge in [0.05, 0.1) is 10.7 Å². The number of rotatable bonds is 3. The summed E-state index contributed by atoms with van der Waals surface area (Å²) in [6.45, 7) is 0.807. The zero-order chi connectivity index (χ0) is 10.8. The molecule has 0 bridgehead atoms. The molecule has 0 saturated heterocycles. The van der Waals surface area contributed by atoms with Gasteiger partial charge in [0, 0.05) is 26.0 Å². The Morgan fingerprint density at radius 3 is 2.80 bits per heavy atom. The largest absolute Gasteiger partial charge is 0.381 e. The van der Waals surface area contributed by atoms with E-state index in [0.29, 0.717) is 5.82 Å². The van der Waals surface area contributed by atoms with E-state index in [4.69, 9.17) is 5.73 Å². The summed E-state index contributed by atoms with van der Waals surface area (Å²) in [6.07, 6.45) is 6.65. The summed E-state index contributed by atoms with van der Waals surface area (Å²) >= 11 is 3.32. The minimum Gasteiger partial charge on any atom is -0.381 e. The van der Waals surface area contributed by atoms with Crippen LogP contribution < -0.4 is 5.73 Å². The van der Waals surface area contributed by atoms with Gasteiger partial charge >= 0.3 is 0 Å². The number of nitrogens with zero attached hydrogens (tertiary/aromatic N) is 4. The second kappa shape index (κ2) is 4.06. The van der Waals surface area contributed by atoms with Crippen molar-refractivity contribution >= 4 is 21.7 Å². The van der Waals surface area contributed by atoms with Crippen LogP contribution in [0.15, 0.2) is 23.1 Å². The first kappa shape index (κ1) is 10.2. The molecule has 0 atom stereocenters. The van der Waals surface area contributed by atoms with Crippen LogP contribution >= 0.6 is 15.9 Å². The first-order valence-electron chi connectivity index (χ1n) is 4.61. The Labute approximate surface area is 96.0 Å². The Bertz CT molecular complexity index is 439. The summed E-state index contributed by atoms with van der Waals surface area (Å²) in [5.74, 6) is 0.529. The fourth-order valence-electron chi connectivity index (χ4n) is 1.37. The molecule has 0 spiro atoms. The van der Waals surface area contributed by atoms with Crippen molar-refractivity contribution in [2.45, 2.75) is 13.0 Å². The van der Waals surface area contributed by atoms with Gasteiger partial charge in [0.25, 0.3) is 0 Å². The fourth-order valence-corrected chi connectivity index (χ4v) is 1.69. The van der Waals surface area contributed by atoms with Gasteiger partial charge in [0.1, 0.15) is 0 Å². The van der Waals surface area contributed by atoms with Gasteiger partial charge in [0.15, 0.2) is 5.82 Å². The van der Waals surface area contributed by atoms with Gasteiger partial charge in [-0.3, -0.25) is 9.36 Å². The SMILES string of the molecule is Cn1cc(CCn2cc(Br)c(N)n2)cn1. The van der Waals surface area contributed by atoms with E-state index in [9.17, 15) is 0 Å². The summed E-state index contributed by atoms with van der Waals surface area (Å²) < 4.78 is 4.46. The van der Waals surface area contributed by atoms with Crippen molar-refractivity contribution in [2.75, 3.05) is 5.73 Å². The van der Waals surface area contributed by atoms with E-state index in [2.05, 4.69) is 26.1 Å². The van der Waals surface area contributed by atoms with E-state index in [1.165, 1.54) is 5.56 Å². The highest BCUT2D eigenvalue weighted by atomic mass is 79.9. The Morgan fingerprint density at radius 2 is 2.27 bits per heavy atom. The number of hydrogen-bond acceptors (Lipinski definition) is 3. The van der Waals surface area contributed by atoms with Crippen LogP contribution in [0, 0.1) is 0 Å². The standard InChI is InChI=1S/C9H12BrN5/c1-14-5-7(4-12-14)2-3-15-6-8(10)9(11)13-15/h4-6H,2-3H2,1H3,(H2,11,13). The molecule has 0 radical (unpaired) electrons. The average molecular weight is 270 g/mol. The molecule has 2 rings (SSSR count). The molecule has 15 heavy (non-hydrogen) atoms. The van der Waals surface area contributed by atoms with E-state index in [0.717, 1.165) is 17.4 Å².